The van der Waals surface area contributed by atoms with Gasteiger partial charge >= 0.3 is 0 Å². The summed E-state index contributed by atoms with van der Waals surface area (Å²) in [4.78, 5) is 14.4. The number of fused-ring (bicyclic) bond motifs is 1. The van der Waals surface area contributed by atoms with Crippen molar-refractivity contribution in [2.75, 3.05) is 23.8 Å². The lowest BCUT2D eigenvalue weighted by atomic mass is 9.65. The Morgan fingerprint density at radius 2 is 1.91 bits per heavy atom. The first kappa shape index (κ1) is 22.9. The van der Waals surface area contributed by atoms with Gasteiger partial charge in [-0.3, -0.25) is 4.79 Å². The summed E-state index contributed by atoms with van der Waals surface area (Å²) in [6.45, 7) is 10.1. The number of carbonyl (C=O) groups is 1. The summed E-state index contributed by atoms with van der Waals surface area (Å²) in [5, 5.41) is 3.30. The predicted octanol–water partition coefficient (Wildman–Crippen LogP) is 4.87. The maximum Gasteiger partial charge on any atom is 0.224 e. The molecule has 2 heterocycles. The van der Waals surface area contributed by atoms with Crippen LogP contribution in [0.1, 0.15) is 51.0 Å². The van der Waals surface area contributed by atoms with Crippen LogP contribution in [0.3, 0.4) is 0 Å². The summed E-state index contributed by atoms with van der Waals surface area (Å²) in [6.07, 6.45) is 2.46. The van der Waals surface area contributed by atoms with Crippen LogP contribution in [0.15, 0.2) is 65.3 Å². The number of nitrogens with one attached hydrogen (secondary N) is 1. The molecule has 4 rings (SSSR count). The van der Waals surface area contributed by atoms with E-state index in [4.69, 9.17) is 14.9 Å². The van der Waals surface area contributed by atoms with Crippen molar-refractivity contribution in [3.63, 3.8) is 0 Å². The van der Waals surface area contributed by atoms with Gasteiger partial charge in [0.25, 0.3) is 0 Å². The number of anilines is 2. The zero-order valence-corrected chi connectivity index (χ0v) is 19.9. The molecular formula is C27H33N3O3. The van der Waals surface area contributed by atoms with Gasteiger partial charge < -0.3 is 25.1 Å². The van der Waals surface area contributed by atoms with Crippen molar-refractivity contribution in [2.45, 2.75) is 51.6 Å². The van der Waals surface area contributed by atoms with E-state index in [1.807, 2.05) is 47.4 Å². The number of nitrogen functional groups attached to an aromatic ring is 1. The van der Waals surface area contributed by atoms with Crippen LogP contribution in [-0.4, -0.2) is 24.6 Å². The van der Waals surface area contributed by atoms with Gasteiger partial charge in [-0.05, 0) is 73.9 Å². The first-order chi connectivity index (χ1) is 15.7. The SMILES string of the molecule is CC(=O)N1c2ccc(N)cc2C(C)(c2ccc(OCCNCc3ccco3)cc2)CC1(C)C. The van der Waals surface area contributed by atoms with Crippen molar-refractivity contribution in [1.29, 1.82) is 0 Å². The number of nitrogens with two attached hydrogens (primary N) is 1. The Balaban J connectivity index is 1.51. The number of hydrogen-bond acceptors (Lipinski definition) is 5. The number of furan rings is 1. The lowest BCUT2D eigenvalue weighted by Gasteiger charge is -2.51. The minimum Gasteiger partial charge on any atom is -0.492 e. The molecule has 3 aromatic rings. The molecule has 0 spiro atoms. The van der Waals surface area contributed by atoms with E-state index in [2.05, 4.69) is 38.2 Å². The second-order valence-corrected chi connectivity index (χ2v) is 9.58. The van der Waals surface area contributed by atoms with Gasteiger partial charge in [0.15, 0.2) is 0 Å². The van der Waals surface area contributed by atoms with Crippen LogP contribution in [0, 0.1) is 0 Å². The molecule has 1 aromatic heterocycles. The van der Waals surface area contributed by atoms with Crippen LogP contribution >= 0.6 is 0 Å². The van der Waals surface area contributed by atoms with Crippen molar-refractivity contribution >= 4 is 17.3 Å². The average Bonchev–Trinajstić information content (AvgIpc) is 3.27. The van der Waals surface area contributed by atoms with Gasteiger partial charge in [-0.2, -0.15) is 0 Å². The van der Waals surface area contributed by atoms with E-state index in [-0.39, 0.29) is 16.9 Å². The summed E-state index contributed by atoms with van der Waals surface area (Å²) < 4.78 is 11.2. The fourth-order valence-electron chi connectivity index (χ4n) is 5.19. The lowest BCUT2D eigenvalue weighted by molar-refractivity contribution is -0.117. The molecule has 1 aliphatic heterocycles. The van der Waals surface area contributed by atoms with Crippen LogP contribution in [0.4, 0.5) is 11.4 Å². The van der Waals surface area contributed by atoms with Gasteiger partial charge in [-0.25, -0.2) is 0 Å². The Morgan fingerprint density at radius 1 is 1.15 bits per heavy atom. The predicted molar refractivity (Wildman–Crippen MR) is 132 cm³/mol. The maximum absolute atomic E-state index is 12.5. The highest BCUT2D eigenvalue weighted by molar-refractivity contribution is 5.95. The second kappa shape index (κ2) is 8.94. The topological polar surface area (TPSA) is 80.7 Å². The fraction of sp³-hybridized carbons (Fsp3) is 0.370. The fourth-order valence-corrected chi connectivity index (χ4v) is 5.19. The summed E-state index contributed by atoms with van der Waals surface area (Å²) in [5.74, 6) is 1.78. The van der Waals surface area contributed by atoms with Crippen molar-refractivity contribution < 1.29 is 13.9 Å². The Hall–Kier alpha value is -3.25. The minimum absolute atomic E-state index is 0.0393. The monoisotopic (exact) mass is 447 g/mol. The second-order valence-electron chi connectivity index (χ2n) is 9.58. The molecule has 6 nitrogen and oxygen atoms in total. The third kappa shape index (κ3) is 4.62. The van der Waals surface area contributed by atoms with Gasteiger partial charge in [0.2, 0.25) is 5.91 Å². The Kier molecular flexibility index (Phi) is 6.21. The van der Waals surface area contributed by atoms with E-state index in [0.29, 0.717) is 18.8 Å². The van der Waals surface area contributed by atoms with Crippen LogP contribution in [0.25, 0.3) is 0 Å². The van der Waals surface area contributed by atoms with Crippen LogP contribution in [0.2, 0.25) is 0 Å². The average molecular weight is 448 g/mol. The van der Waals surface area contributed by atoms with Crippen LogP contribution in [0.5, 0.6) is 5.75 Å². The maximum atomic E-state index is 12.5. The molecule has 0 fully saturated rings. The first-order valence-corrected chi connectivity index (χ1v) is 11.4. The molecule has 0 aliphatic carbocycles. The normalized spacial score (nSPS) is 19.2. The smallest absolute Gasteiger partial charge is 0.224 e. The number of rotatable bonds is 7. The number of nitrogens with zero attached hydrogens (tertiary/aromatic N) is 1. The van der Waals surface area contributed by atoms with Crippen molar-refractivity contribution in [3.8, 4) is 5.75 Å². The van der Waals surface area contributed by atoms with E-state index in [9.17, 15) is 4.79 Å². The van der Waals surface area contributed by atoms with E-state index in [0.717, 1.165) is 35.7 Å². The summed E-state index contributed by atoms with van der Waals surface area (Å²) in [6, 6.07) is 18.0. The van der Waals surface area contributed by atoms with Crippen molar-refractivity contribution in [2.24, 2.45) is 0 Å². The highest BCUT2D eigenvalue weighted by atomic mass is 16.5. The molecule has 0 saturated carbocycles. The summed E-state index contributed by atoms with van der Waals surface area (Å²) in [5.41, 5.74) is 9.43. The number of benzene rings is 2. The summed E-state index contributed by atoms with van der Waals surface area (Å²) >= 11 is 0. The Labute approximate surface area is 195 Å². The molecule has 0 radical (unpaired) electrons. The highest BCUT2D eigenvalue weighted by Gasteiger charge is 2.47. The van der Waals surface area contributed by atoms with E-state index < -0.39 is 0 Å². The molecule has 33 heavy (non-hydrogen) atoms. The summed E-state index contributed by atoms with van der Waals surface area (Å²) in [7, 11) is 0. The van der Waals surface area contributed by atoms with E-state index >= 15 is 0 Å². The van der Waals surface area contributed by atoms with Gasteiger partial charge in [0.1, 0.15) is 18.1 Å². The molecule has 6 heteroatoms. The molecule has 1 atom stereocenters. The molecule has 0 saturated heterocycles. The number of amides is 1. The van der Waals surface area contributed by atoms with Crippen molar-refractivity contribution in [3.05, 3.63) is 77.7 Å². The molecule has 0 bridgehead atoms. The lowest BCUT2D eigenvalue weighted by Crippen LogP contribution is -2.55. The van der Waals surface area contributed by atoms with Gasteiger partial charge in [-0.1, -0.05) is 19.1 Å². The van der Waals surface area contributed by atoms with Gasteiger partial charge in [0, 0.05) is 35.8 Å². The van der Waals surface area contributed by atoms with Crippen LogP contribution in [-0.2, 0) is 16.8 Å². The van der Waals surface area contributed by atoms with Crippen LogP contribution < -0.4 is 20.7 Å². The van der Waals surface area contributed by atoms with Crippen molar-refractivity contribution in [1.82, 2.24) is 5.32 Å². The first-order valence-electron chi connectivity index (χ1n) is 11.4. The highest BCUT2D eigenvalue weighted by Crippen LogP contribution is 2.51. The van der Waals surface area contributed by atoms with Gasteiger partial charge in [0.05, 0.1) is 12.8 Å². The molecule has 1 amide bonds. The molecule has 1 aliphatic rings. The molecule has 2 aromatic carbocycles. The Bertz CT molecular complexity index is 1110. The van der Waals surface area contributed by atoms with E-state index in [1.165, 1.54) is 5.56 Å². The number of ether oxygens (including phenoxy) is 1. The minimum atomic E-state index is -0.335. The van der Waals surface area contributed by atoms with E-state index in [1.54, 1.807) is 13.2 Å². The molecule has 174 valence electrons. The number of hydrogen-bond donors (Lipinski definition) is 2. The quantitative estimate of drug-likeness (QED) is 0.399. The largest absolute Gasteiger partial charge is 0.492 e. The molecule has 1 unspecified atom stereocenters. The number of carbonyl (C=O) groups excluding carboxylic acids is 1. The molecular weight excluding hydrogens is 414 g/mol. The standard InChI is InChI=1S/C27H33N3O3/c1-19(31)30-25-12-9-21(28)16-24(25)27(4,18-26(30,2)3)20-7-10-22(11-8-20)33-15-13-29-17-23-6-5-14-32-23/h5-12,14,16,29H,13,15,17-18,28H2,1-4H3. The Morgan fingerprint density at radius 3 is 2.58 bits per heavy atom. The third-order valence-corrected chi connectivity index (χ3v) is 6.48. The zero-order valence-electron chi connectivity index (χ0n) is 19.9. The third-order valence-electron chi connectivity index (χ3n) is 6.48. The molecule has 3 N–H and O–H groups in total. The van der Waals surface area contributed by atoms with Gasteiger partial charge in [-0.15, -0.1) is 0 Å². The zero-order chi connectivity index (χ0) is 23.6.